The number of anilines is 2. The molecular weight excluding hydrogens is 318 g/mol. The van der Waals surface area contributed by atoms with E-state index >= 15 is 0 Å². The summed E-state index contributed by atoms with van der Waals surface area (Å²) in [5.41, 5.74) is 1.62. The lowest BCUT2D eigenvalue weighted by atomic mass is 10.2. The average molecular weight is 335 g/mol. The Morgan fingerprint density at radius 3 is 2.60 bits per heavy atom. The summed E-state index contributed by atoms with van der Waals surface area (Å²) < 4.78 is 16.5. The second-order valence-corrected chi connectivity index (χ2v) is 5.09. The molecule has 1 aromatic heterocycles. The van der Waals surface area contributed by atoms with Crippen LogP contribution in [0.1, 0.15) is 12.6 Å². The van der Waals surface area contributed by atoms with Gasteiger partial charge in [0.05, 0.1) is 19.3 Å². The first-order valence-corrected chi connectivity index (χ1v) is 7.79. The third-order valence-corrected chi connectivity index (χ3v) is 3.49. The maximum Gasteiger partial charge on any atom is 0.236 e. The Kier molecular flexibility index (Phi) is 4.86. The number of ether oxygens (including phenoxy) is 2. The van der Waals surface area contributed by atoms with Crippen LogP contribution in [0.5, 0.6) is 11.5 Å². The van der Waals surface area contributed by atoms with Gasteiger partial charge in [-0.3, -0.25) is 0 Å². The standard InChI is InChI=1S/C19H17N3O3/c1-3-24-14-10-8-13(9-11-14)21-19-16(12-20)22-18(25-19)15-6-4-5-7-17(15)23-2/h4-11,21H,3H2,1-2H3. The van der Waals surface area contributed by atoms with Crippen molar-refractivity contribution in [3.63, 3.8) is 0 Å². The lowest BCUT2D eigenvalue weighted by molar-refractivity contribution is 0.340. The van der Waals surface area contributed by atoms with E-state index in [9.17, 15) is 5.26 Å². The van der Waals surface area contributed by atoms with Crippen molar-refractivity contribution < 1.29 is 13.9 Å². The minimum absolute atomic E-state index is 0.176. The van der Waals surface area contributed by atoms with Gasteiger partial charge in [0, 0.05) is 5.69 Å². The highest BCUT2D eigenvalue weighted by Gasteiger charge is 2.17. The SMILES string of the molecule is CCOc1ccc(Nc2oc(-c3ccccc3OC)nc2C#N)cc1. The maximum absolute atomic E-state index is 9.33. The quantitative estimate of drug-likeness (QED) is 0.721. The fourth-order valence-electron chi connectivity index (χ4n) is 2.35. The van der Waals surface area contributed by atoms with Gasteiger partial charge < -0.3 is 19.2 Å². The summed E-state index contributed by atoms with van der Waals surface area (Å²) in [6.07, 6.45) is 0. The third-order valence-electron chi connectivity index (χ3n) is 3.49. The van der Waals surface area contributed by atoms with Gasteiger partial charge >= 0.3 is 0 Å². The average Bonchev–Trinajstić information content (AvgIpc) is 3.06. The molecule has 0 aliphatic rings. The van der Waals surface area contributed by atoms with Gasteiger partial charge in [0.2, 0.25) is 17.5 Å². The zero-order valence-corrected chi connectivity index (χ0v) is 13.9. The molecule has 25 heavy (non-hydrogen) atoms. The minimum Gasteiger partial charge on any atom is -0.496 e. The summed E-state index contributed by atoms with van der Waals surface area (Å²) in [4.78, 5) is 4.26. The Morgan fingerprint density at radius 2 is 1.92 bits per heavy atom. The fourth-order valence-corrected chi connectivity index (χ4v) is 2.35. The van der Waals surface area contributed by atoms with E-state index in [2.05, 4.69) is 10.3 Å². The molecule has 0 fully saturated rings. The van der Waals surface area contributed by atoms with Crippen LogP contribution in [-0.2, 0) is 0 Å². The first-order chi connectivity index (χ1) is 12.2. The van der Waals surface area contributed by atoms with Crippen LogP contribution in [0.3, 0.4) is 0 Å². The largest absolute Gasteiger partial charge is 0.496 e. The topological polar surface area (TPSA) is 80.3 Å². The molecule has 6 nitrogen and oxygen atoms in total. The van der Waals surface area contributed by atoms with E-state index in [1.54, 1.807) is 7.11 Å². The van der Waals surface area contributed by atoms with Crippen LogP contribution in [-0.4, -0.2) is 18.7 Å². The van der Waals surface area contributed by atoms with Gasteiger partial charge in [-0.2, -0.15) is 10.2 Å². The first kappa shape index (κ1) is 16.4. The Hall–Kier alpha value is -3.46. The van der Waals surface area contributed by atoms with Crippen molar-refractivity contribution in [2.24, 2.45) is 0 Å². The lowest BCUT2D eigenvalue weighted by Crippen LogP contribution is -1.93. The molecule has 0 amide bonds. The van der Waals surface area contributed by atoms with Gasteiger partial charge in [-0.1, -0.05) is 12.1 Å². The van der Waals surface area contributed by atoms with Gasteiger partial charge in [0.15, 0.2) is 0 Å². The second-order valence-electron chi connectivity index (χ2n) is 5.09. The smallest absolute Gasteiger partial charge is 0.236 e. The van der Waals surface area contributed by atoms with Gasteiger partial charge in [0.1, 0.15) is 17.6 Å². The van der Waals surface area contributed by atoms with E-state index in [0.717, 1.165) is 11.4 Å². The molecule has 0 spiro atoms. The van der Waals surface area contributed by atoms with Crippen molar-refractivity contribution >= 4 is 11.6 Å². The first-order valence-electron chi connectivity index (χ1n) is 7.79. The molecule has 6 heteroatoms. The molecule has 0 atom stereocenters. The number of rotatable bonds is 6. The van der Waals surface area contributed by atoms with Crippen LogP contribution in [0.4, 0.5) is 11.6 Å². The highest BCUT2D eigenvalue weighted by atomic mass is 16.5. The number of para-hydroxylation sites is 1. The van der Waals surface area contributed by atoms with Gasteiger partial charge in [-0.15, -0.1) is 0 Å². The monoisotopic (exact) mass is 335 g/mol. The fraction of sp³-hybridized carbons (Fsp3) is 0.158. The zero-order chi connectivity index (χ0) is 17.6. The van der Waals surface area contributed by atoms with Gasteiger partial charge in [0.25, 0.3) is 0 Å². The number of aromatic nitrogens is 1. The normalized spacial score (nSPS) is 10.1. The maximum atomic E-state index is 9.33. The van der Waals surface area contributed by atoms with Crippen molar-refractivity contribution in [1.29, 1.82) is 5.26 Å². The van der Waals surface area contributed by atoms with Gasteiger partial charge in [-0.25, -0.2) is 0 Å². The predicted molar refractivity (Wildman–Crippen MR) is 94.1 cm³/mol. The molecule has 0 unspecified atom stereocenters. The Balaban J connectivity index is 1.90. The molecular formula is C19H17N3O3. The number of benzene rings is 2. The molecule has 0 radical (unpaired) electrons. The van der Waals surface area contributed by atoms with E-state index in [0.29, 0.717) is 23.8 Å². The summed E-state index contributed by atoms with van der Waals surface area (Å²) >= 11 is 0. The molecule has 126 valence electrons. The van der Waals surface area contributed by atoms with Gasteiger partial charge in [-0.05, 0) is 43.3 Å². The molecule has 0 saturated heterocycles. The van der Waals surface area contributed by atoms with Crippen molar-refractivity contribution in [2.75, 3.05) is 19.0 Å². The van der Waals surface area contributed by atoms with E-state index < -0.39 is 0 Å². The highest BCUT2D eigenvalue weighted by Crippen LogP contribution is 2.33. The predicted octanol–water partition coefficient (Wildman–Crippen LogP) is 4.36. The highest BCUT2D eigenvalue weighted by molar-refractivity contribution is 5.67. The van der Waals surface area contributed by atoms with Crippen LogP contribution < -0.4 is 14.8 Å². The number of oxazole rings is 1. The number of hydrogen-bond acceptors (Lipinski definition) is 6. The Labute approximate surface area is 145 Å². The molecule has 0 aliphatic heterocycles. The molecule has 1 N–H and O–H groups in total. The summed E-state index contributed by atoms with van der Waals surface area (Å²) in [6.45, 7) is 2.54. The molecule has 1 heterocycles. The minimum atomic E-state index is 0.176. The molecule has 3 rings (SSSR count). The summed E-state index contributed by atoms with van der Waals surface area (Å²) in [7, 11) is 1.58. The molecule has 0 bridgehead atoms. The van der Waals surface area contributed by atoms with E-state index in [1.807, 2.05) is 61.5 Å². The van der Waals surface area contributed by atoms with E-state index in [4.69, 9.17) is 13.9 Å². The van der Waals surface area contributed by atoms with Crippen LogP contribution in [0.25, 0.3) is 11.5 Å². The van der Waals surface area contributed by atoms with Crippen molar-refractivity contribution in [1.82, 2.24) is 4.98 Å². The Morgan fingerprint density at radius 1 is 1.16 bits per heavy atom. The van der Waals surface area contributed by atoms with E-state index in [1.165, 1.54) is 0 Å². The molecule has 0 aliphatic carbocycles. The van der Waals surface area contributed by atoms with E-state index in [-0.39, 0.29) is 11.6 Å². The number of nitrogens with zero attached hydrogens (tertiary/aromatic N) is 2. The molecule has 2 aromatic carbocycles. The molecule has 0 saturated carbocycles. The Bertz CT molecular complexity index is 895. The van der Waals surface area contributed by atoms with Crippen molar-refractivity contribution in [3.8, 4) is 29.0 Å². The van der Waals surface area contributed by atoms with Crippen LogP contribution >= 0.6 is 0 Å². The zero-order valence-electron chi connectivity index (χ0n) is 13.9. The number of nitrogens with one attached hydrogen (secondary N) is 1. The third kappa shape index (κ3) is 3.56. The summed E-state index contributed by atoms with van der Waals surface area (Å²) in [5, 5.41) is 12.4. The molecule has 3 aromatic rings. The number of methoxy groups -OCH3 is 1. The summed E-state index contributed by atoms with van der Waals surface area (Å²) in [6, 6.07) is 16.8. The summed E-state index contributed by atoms with van der Waals surface area (Å²) in [5.74, 6) is 2.01. The van der Waals surface area contributed by atoms with Crippen LogP contribution in [0.2, 0.25) is 0 Å². The number of nitriles is 1. The van der Waals surface area contributed by atoms with Crippen molar-refractivity contribution in [3.05, 3.63) is 54.2 Å². The van der Waals surface area contributed by atoms with Crippen molar-refractivity contribution in [2.45, 2.75) is 6.92 Å². The van der Waals surface area contributed by atoms with Crippen LogP contribution in [0, 0.1) is 11.3 Å². The number of hydrogen-bond donors (Lipinski definition) is 1. The lowest BCUT2D eigenvalue weighted by Gasteiger charge is -2.06. The second kappa shape index (κ2) is 7.41. The van der Waals surface area contributed by atoms with Crippen LogP contribution in [0.15, 0.2) is 52.9 Å².